The summed E-state index contributed by atoms with van der Waals surface area (Å²) < 4.78 is 5.16. The van der Waals surface area contributed by atoms with Crippen LogP contribution in [0.4, 0.5) is 11.5 Å². The first kappa shape index (κ1) is 16.7. The number of carbonyl (C=O) groups is 1. The van der Waals surface area contributed by atoms with Crippen LogP contribution in [0.15, 0.2) is 57.9 Å². The monoisotopic (exact) mass is 339 g/mol. The molecule has 0 aliphatic rings. The number of hydrogen-bond donors (Lipinski definition) is 3. The highest BCUT2D eigenvalue weighted by atomic mass is 16.4. The lowest BCUT2D eigenvalue weighted by Gasteiger charge is -2.09. The Labute approximate surface area is 143 Å². The fraction of sp³-hybridized carbons (Fsp3) is 0.167. The molecule has 7 nitrogen and oxygen atoms in total. The first-order chi connectivity index (χ1) is 12.0. The SMILES string of the molecule is CC(O)CNc1ccc(NC(=O)c2cc3ccccc3oc2=O)cn1. The van der Waals surface area contributed by atoms with Crippen molar-refractivity contribution in [3.05, 3.63) is 64.6 Å². The van der Waals surface area contributed by atoms with E-state index in [1.54, 1.807) is 43.3 Å². The Balaban J connectivity index is 1.76. The average Bonchev–Trinajstić information content (AvgIpc) is 2.60. The van der Waals surface area contributed by atoms with Gasteiger partial charge in [0.15, 0.2) is 0 Å². The van der Waals surface area contributed by atoms with Crippen molar-refractivity contribution in [2.45, 2.75) is 13.0 Å². The van der Waals surface area contributed by atoms with E-state index in [4.69, 9.17) is 4.42 Å². The summed E-state index contributed by atoms with van der Waals surface area (Å²) >= 11 is 0. The summed E-state index contributed by atoms with van der Waals surface area (Å²) in [5.41, 5.74) is 0.105. The predicted octanol–water partition coefficient (Wildman–Crippen LogP) is 2.23. The van der Waals surface area contributed by atoms with Gasteiger partial charge in [-0.25, -0.2) is 9.78 Å². The minimum atomic E-state index is -0.695. The van der Waals surface area contributed by atoms with Gasteiger partial charge in [-0.05, 0) is 31.2 Å². The fourth-order valence-electron chi connectivity index (χ4n) is 2.24. The summed E-state index contributed by atoms with van der Waals surface area (Å²) in [6.07, 6.45) is 0.971. The largest absolute Gasteiger partial charge is 0.422 e. The maximum Gasteiger partial charge on any atom is 0.349 e. The lowest BCUT2D eigenvalue weighted by molar-refractivity contribution is 0.102. The van der Waals surface area contributed by atoms with E-state index >= 15 is 0 Å². The van der Waals surface area contributed by atoms with Crippen LogP contribution < -0.4 is 16.3 Å². The fourth-order valence-corrected chi connectivity index (χ4v) is 2.24. The van der Waals surface area contributed by atoms with E-state index < -0.39 is 17.6 Å². The van der Waals surface area contributed by atoms with Gasteiger partial charge < -0.3 is 20.2 Å². The highest BCUT2D eigenvalue weighted by Gasteiger charge is 2.14. The number of nitrogens with zero attached hydrogens (tertiary/aromatic N) is 1. The first-order valence-corrected chi connectivity index (χ1v) is 7.75. The molecule has 0 aliphatic heterocycles. The smallest absolute Gasteiger partial charge is 0.349 e. The number of fused-ring (bicyclic) bond motifs is 1. The maximum atomic E-state index is 12.3. The van der Waals surface area contributed by atoms with Crippen molar-refractivity contribution in [2.75, 3.05) is 17.2 Å². The number of pyridine rings is 1. The third-order valence-corrected chi connectivity index (χ3v) is 3.49. The van der Waals surface area contributed by atoms with E-state index in [-0.39, 0.29) is 5.56 Å². The van der Waals surface area contributed by atoms with Crippen LogP contribution in [0, 0.1) is 0 Å². The Morgan fingerprint density at radius 2 is 2.08 bits per heavy atom. The molecule has 0 radical (unpaired) electrons. The molecule has 7 heteroatoms. The zero-order valence-electron chi connectivity index (χ0n) is 13.5. The van der Waals surface area contributed by atoms with Gasteiger partial charge in [0.25, 0.3) is 5.91 Å². The molecule has 0 saturated carbocycles. The van der Waals surface area contributed by atoms with Crippen LogP contribution in [0.1, 0.15) is 17.3 Å². The number of nitrogens with one attached hydrogen (secondary N) is 2. The summed E-state index contributed by atoms with van der Waals surface area (Å²) in [6, 6.07) is 11.8. The van der Waals surface area contributed by atoms with Crippen LogP contribution in [0.5, 0.6) is 0 Å². The van der Waals surface area contributed by atoms with Crippen LogP contribution in [0.3, 0.4) is 0 Å². The molecule has 1 atom stereocenters. The van der Waals surface area contributed by atoms with E-state index in [9.17, 15) is 14.7 Å². The molecule has 3 aromatic rings. The summed E-state index contributed by atoms with van der Waals surface area (Å²) in [4.78, 5) is 28.5. The minimum Gasteiger partial charge on any atom is -0.422 e. The molecule has 3 N–H and O–H groups in total. The molecule has 128 valence electrons. The van der Waals surface area contributed by atoms with Crippen molar-refractivity contribution in [3.63, 3.8) is 0 Å². The lowest BCUT2D eigenvalue weighted by Crippen LogP contribution is -2.21. The molecule has 3 rings (SSSR count). The van der Waals surface area contributed by atoms with Crippen LogP contribution in [0.2, 0.25) is 0 Å². The predicted molar refractivity (Wildman–Crippen MR) is 94.8 cm³/mol. The van der Waals surface area contributed by atoms with Gasteiger partial charge in [-0.1, -0.05) is 18.2 Å². The number of carbonyl (C=O) groups excluding carboxylic acids is 1. The molecular weight excluding hydrogens is 322 g/mol. The van der Waals surface area contributed by atoms with Crippen molar-refractivity contribution in [3.8, 4) is 0 Å². The van der Waals surface area contributed by atoms with Crippen molar-refractivity contribution in [1.29, 1.82) is 0 Å². The second kappa shape index (κ2) is 7.14. The molecule has 2 heterocycles. The number of aromatic nitrogens is 1. The minimum absolute atomic E-state index is 0.0741. The van der Waals surface area contributed by atoms with E-state index in [0.29, 0.717) is 29.0 Å². The van der Waals surface area contributed by atoms with Crippen molar-refractivity contribution < 1.29 is 14.3 Å². The number of anilines is 2. The summed E-state index contributed by atoms with van der Waals surface area (Å²) in [7, 11) is 0. The quantitative estimate of drug-likeness (QED) is 0.616. The summed E-state index contributed by atoms with van der Waals surface area (Å²) in [5, 5.41) is 15.5. The van der Waals surface area contributed by atoms with E-state index in [0.717, 1.165) is 0 Å². The topological polar surface area (TPSA) is 104 Å². The number of amides is 1. The highest BCUT2D eigenvalue weighted by Crippen LogP contribution is 2.14. The van der Waals surface area contributed by atoms with Crippen molar-refractivity contribution in [2.24, 2.45) is 0 Å². The molecule has 0 spiro atoms. The highest BCUT2D eigenvalue weighted by molar-refractivity contribution is 6.05. The van der Waals surface area contributed by atoms with Crippen LogP contribution in [0.25, 0.3) is 11.0 Å². The molecule has 2 aromatic heterocycles. The van der Waals surface area contributed by atoms with Gasteiger partial charge in [0.1, 0.15) is 17.0 Å². The molecular formula is C18H17N3O4. The van der Waals surface area contributed by atoms with Crippen LogP contribution >= 0.6 is 0 Å². The molecule has 1 amide bonds. The van der Waals surface area contributed by atoms with Gasteiger partial charge in [0.2, 0.25) is 0 Å². The Morgan fingerprint density at radius 3 is 2.80 bits per heavy atom. The molecule has 1 aromatic carbocycles. The number of para-hydroxylation sites is 1. The number of benzene rings is 1. The molecule has 0 fully saturated rings. The maximum absolute atomic E-state index is 12.3. The zero-order chi connectivity index (χ0) is 17.8. The van der Waals surface area contributed by atoms with Gasteiger partial charge in [0.05, 0.1) is 18.0 Å². The number of rotatable bonds is 5. The van der Waals surface area contributed by atoms with Crippen molar-refractivity contribution in [1.82, 2.24) is 4.98 Å². The molecule has 0 aliphatic carbocycles. The van der Waals surface area contributed by atoms with Crippen molar-refractivity contribution >= 4 is 28.4 Å². The van der Waals surface area contributed by atoms with Gasteiger partial charge in [0, 0.05) is 11.9 Å². The summed E-state index contributed by atoms with van der Waals surface area (Å²) in [5.74, 6) is 0.00936. The number of aliphatic hydroxyl groups is 1. The number of aliphatic hydroxyl groups excluding tert-OH is 1. The second-order valence-electron chi connectivity index (χ2n) is 5.60. The second-order valence-corrected chi connectivity index (χ2v) is 5.60. The lowest BCUT2D eigenvalue weighted by atomic mass is 10.2. The Hall–Kier alpha value is -3.19. The van der Waals surface area contributed by atoms with Gasteiger partial charge >= 0.3 is 5.63 Å². The molecule has 1 unspecified atom stereocenters. The zero-order valence-corrected chi connectivity index (χ0v) is 13.5. The third-order valence-electron chi connectivity index (χ3n) is 3.49. The molecule has 0 saturated heterocycles. The Bertz CT molecular complexity index is 948. The number of hydrogen-bond acceptors (Lipinski definition) is 6. The van der Waals surface area contributed by atoms with E-state index in [1.807, 2.05) is 0 Å². The standard InChI is InChI=1S/C18H17N3O4/c1-11(22)9-19-16-7-6-13(10-20-16)21-17(23)14-8-12-4-2-3-5-15(12)25-18(14)24/h2-8,10-11,22H,9H2,1H3,(H,19,20)(H,21,23). The summed E-state index contributed by atoms with van der Waals surface area (Å²) in [6.45, 7) is 2.04. The van der Waals surface area contributed by atoms with Crippen LogP contribution in [-0.4, -0.2) is 28.6 Å². The Morgan fingerprint density at radius 1 is 1.28 bits per heavy atom. The van der Waals surface area contributed by atoms with E-state index in [2.05, 4.69) is 15.6 Å². The van der Waals surface area contributed by atoms with Crippen LogP contribution in [-0.2, 0) is 0 Å². The average molecular weight is 339 g/mol. The van der Waals surface area contributed by atoms with Gasteiger partial charge in [-0.15, -0.1) is 0 Å². The molecule has 25 heavy (non-hydrogen) atoms. The van der Waals surface area contributed by atoms with E-state index in [1.165, 1.54) is 12.3 Å². The normalized spacial score (nSPS) is 11.9. The third kappa shape index (κ3) is 4.02. The first-order valence-electron chi connectivity index (χ1n) is 7.75. The van der Waals surface area contributed by atoms with Gasteiger partial charge in [-0.2, -0.15) is 0 Å². The molecule has 0 bridgehead atoms. The van der Waals surface area contributed by atoms with Gasteiger partial charge in [-0.3, -0.25) is 4.79 Å². The Kier molecular flexibility index (Phi) is 4.76.